The number of nitrogens with zero attached hydrogens (tertiary/aromatic N) is 4. The number of amides is 1. The second kappa shape index (κ2) is 12.8. The van der Waals surface area contributed by atoms with E-state index in [2.05, 4.69) is 5.32 Å². The summed E-state index contributed by atoms with van der Waals surface area (Å²) in [6.45, 7) is 12.8. The fourth-order valence-electron chi connectivity index (χ4n) is 5.19. The number of fused-ring (bicyclic) bond motifs is 1. The number of carbonyl (C=O) groups excluding carboxylic acids is 1. The van der Waals surface area contributed by atoms with Crippen molar-refractivity contribution in [2.75, 3.05) is 18.4 Å². The van der Waals surface area contributed by atoms with E-state index in [9.17, 15) is 19.2 Å². The van der Waals surface area contributed by atoms with E-state index >= 15 is 4.39 Å². The topological polar surface area (TPSA) is 98.3 Å². The van der Waals surface area contributed by atoms with Gasteiger partial charge in [-0.25, -0.2) is 13.8 Å². The van der Waals surface area contributed by atoms with Crippen LogP contribution in [-0.4, -0.2) is 37.6 Å². The first-order valence-electron chi connectivity index (χ1n) is 15.0. The van der Waals surface area contributed by atoms with Crippen LogP contribution in [0.4, 0.5) is 15.8 Å². The summed E-state index contributed by atoms with van der Waals surface area (Å²) in [7, 11) is 1.47. The van der Waals surface area contributed by atoms with Gasteiger partial charge in [0.1, 0.15) is 16.9 Å². The number of aryl methyl sites for hydroxylation is 2. The number of hydrogen-bond acceptors (Lipinski definition) is 5. The lowest BCUT2D eigenvalue weighted by Gasteiger charge is -2.31. The molecular formula is C33H40FN5O4. The predicted octanol–water partition coefficient (Wildman–Crippen LogP) is 5.58. The zero-order valence-electron chi connectivity index (χ0n) is 26.0. The molecule has 1 aliphatic carbocycles. The van der Waals surface area contributed by atoms with Gasteiger partial charge in [-0.05, 0) is 69.0 Å². The molecule has 228 valence electrons. The van der Waals surface area contributed by atoms with Gasteiger partial charge in [0.15, 0.2) is 0 Å². The summed E-state index contributed by atoms with van der Waals surface area (Å²) >= 11 is 0. The molecular weight excluding hydrogens is 549 g/mol. The van der Waals surface area contributed by atoms with Crippen LogP contribution in [0.25, 0.3) is 16.7 Å². The molecule has 1 N–H and O–H groups in total. The molecule has 0 radical (unpaired) electrons. The molecule has 1 aliphatic heterocycles. The van der Waals surface area contributed by atoms with Crippen LogP contribution in [0.2, 0.25) is 0 Å². The van der Waals surface area contributed by atoms with E-state index in [-0.39, 0.29) is 39.9 Å². The Morgan fingerprint density at radius 2 is 1.60 bits per heavy atom. The van der Waals surface area contributed by atoms with Crippen molar-refractivity contribution in [3.05, 3.63) is 96.2 Å². The highest BCUT2D eigenvalue weighted by atomic mass is 19.1. The van der Waals surface area contributed by atoms with E-state index in [1.165, 1.54) is 28.3 Å². The van der Waals surface area contributed by atoms with Crippen LogP contribution in [0.3, 0.4) is 0 Å². The molecule has 43 heavy (non-hydrogen) atoms. The van der Waals surface area contributed by atoms with Crippen molar-refractivity contribution >= 4 is 28.3 Å². The molecule has 2 aliphatic rings. The SMILES string of the molecule is CC.CC.Cc1ccc(-n2c(=O)n(C3CC3)c(=O)c3c(Nc4cccc(C(=O)N5CCC5)c4)c(C)c(=O)n(C)c32)c(F)c1. The minimum atomic E-state index is -0.690. The summed E-state index contributed by atoms with van der Waals surface area (Å²) in [5.41, 5.74) is 0.425. The maximum atomic E-state index is 15.3. The van der Waals surface area contributed by atoms with E-state index in [0.29, 0.717) is 42.7 Å². The molecule has 9 nitrogen and oxygen atoms in total. The van der Waals surface area contributed by atoms with Crippen LogP contribution in [0.15, 0.2) is 56.8 Å². The van der Waals surface area contributed by atoms with Crippen LogP contribution in [0, 0.1) is 19.7 Å². The van der Waals surface area contributed by atoms with Crippen LogP contribution in [0.5, 0.6) is 0 Å². The minimum Gasteiger partial charge on any atom is -0.354 e. The predicted molar refractivity (Wildman–Crippen MR) is 170 cm³/mol. The highest BCUT2D eigenvalue weighted by Crippen LogP contribution is 2.34. The van der Waals surface area contributed by atoms with Crippen LogP contribution in [-0.2, 0) is 7.05 Å². The number of hydrogen-bond donors (Lipinski definition) is 1. The fourth-order valence-corrected chi connectivity index (χ4v) is 5.19. The first-order chi connectivity index (χ1) is 20.7. The molecule has 0 spiro atoms. The highest BCUT2D eigenvalue weighted by molar-refractivity contribution is 5.97. The standard InChI is InChI=1S/C29H28FN5O4.2C2H6/c1-16-8-11-22(21(30)14-16)35-25-23(28(38)34(29(35)39)20-9-10-20)24(17(2)26(36)32(25)3)31-19-7-4-6-18(15-19)27(37)33-12-5-13-33;2*1-2/h4,6-8,11,14-15,20,31H,5,9-10,12-13H2,1-3H3;2*1-2H3. The van der Waals surface area contributed by atoms with E-state index in [1.54, 1.807) is 49.1 Å². The van der Waals surface area contributed by atoms with E-state index in [1.807, 2.05) is 27.7 Å². The number of rotatable bonds is 5. The van der Waals surface area contributed by atoms with Gasteiger partial charge in [0.25, 0.3) is 17.0 Å². The van der Waals surface area contributed by atoms with Crippen LogP contribution in [0.1, 0.15) is 74.5 Å². The lowest BCUT2D eigenvalue weighted by molar-refractivity contribution is 0.0652. The van der Waals surface area contributed by atoms with E-state index < -0.39 is 22.6 Å². The molecule has 2 aromatic carbocycles. The molecule has 1 saturated carbocycles. The third-order valence-electron chi connectivity index (χ3n) is 7.61. The second-order valence-electron chi connectivity index (χ2n) is 10.4. The van der Waals surface area contributed by atoms with Gasteiger partial charge in [-0.15, -0.1) is 0 Å². The molecule has 0 atom stereocenters. The largest absolute Gasteiger partial charge is 0.354 e. The molecule has 4 aromatic rings. The average Bonchev–Trinajstić information content (AvgIpc) is 3.81. The molecule has 2 aromatic heterocycles. The number of halogens is 1. The zero-order chi connectivity index (χ0) is 31.6. The van der Waals surface area contributed by atoms with Crippen molar-refractivity contribution in [1.29, 1.82) is 0 Å². The van der Waals surface area contributed by atoms with Gasteiger partial charge in [0.05, 0.1) is 11.4 Å². The van der Waals surface area contributed by atoms with Crippen molar-refractivity contribution in [1.82, 2.24) is 18.6 Å². The molecule has 10 heteroatoms. The Morgan fingerprint density at radius 1 is 0.930 bits per heavy atom. The summed E-state index contributed by atoms with van der Waals surface area (Å²) in [4.78, 5) is 55.6. The summed E-state index contributed by atoms with van der Waals surface area (Å²) in [6, 6.07) is 11.0. The van der Waals surface area contributed by atoms with Gasteiger partial charge >= 0.3 is 5.69 Å². The first-order valence-corrected chi connectivity index (χ1v) is 15.0. The minimum absolute atomic E-state index is 0.00411. The lowest BCUT2D eigenvalue weighted by Crippen LogP contribution is -2.42. The number of carbonyl (C=O) groups is 1. The normalized spacial score (nSPS) is 13.8. The molecule has 3 heterocycles. The summed E-state index contributed by atoms with van der Waals surface area (Å²) < 4.78 is 18.8. The molecule has 0 bridgehead atoms. The molecule has 0 unspecified atom stereocenters. The zero-order valence-corrected chi connectivity index (χ0v) is 26.0. The summed E-state index contributed by atoms with van der Waals surface area (Å²) in [5, 5.41) is 3.29. The Labute approximate surface area is 250 Å². The quantitative estimate of drug-likeness (QED) is 0.328. The highest BCUT2D eigenvalue weighted by Gasteiger charge is 2.32. The second-order valence-corrected chi connectivity index (χ2v) is 10.4. The number of pyridine rings is 1. The Morgan fingerprint density at radius 3 is 2.19 bits per heavy atom. The van der Waals surface area contributed by atoms with Gasteiger partial charge in [-0.3, -0.25) is 23.5 Å². The van der Waals surface area contributed by atoms with E-state index in [4.69, 9.17) is 0 Å². The monoisotopic (exact) mass is 589 g/mol. The lowest BCUT2D eigenvalue weighted by atomic mass is 10.1. The third kappa shape index (κ3) is 5.66. The Kier molecular flexibility index (Phi) is 9.37. The van der Waals surface area contributed by atoms with Gasteiger partial charge in [-0.2, -0.15) is 0 Å². The summed E-state index contributed by atoms with van der Waals surface area (Å²) in [6.07, 6.45) is 2.29. The third-order valence-corrected chi connectivity index (χ3v) is 7.61. The van der Waals surface area contributed by atoms with E-state index in [0.717, 1.165) is 11.0 Å². The van der Waals surface area contributed by atoms with Gasteiger partial charge < -0.3 is 10.2 Å². The number of nitrogens with one attached hydrogen (secondary N) is 1. The smallest absolute Gasteiger partial charge is 0.337 e. The van der Waals surface area contributed by atoms with Gasteiger partial charge in [0.2, 0.25) is 0 Å². The van der Waals surface area contributed by atoms with Crippen LogP contribution >= 0.6 is 0 Å². The van der Waals surface area contributed by atoms with Crippen LogP contribution < -0.4 is 22.1 Å². The Bertz CT molecular complexity index is 1860. The maximum Gasteiger partial charge on any atom is 0.337 e. The number of likely N-dealkylation sites (tertiary alicyclic amines) is 1. The van der Waals surface area contributed by atoms with Gasteiger partial charge in [-0.1, -0.05) is 39.8 Å². The number of aromatic nitrogens is 3. The molecule has 1 saturated heterocycles. The number of benzene rings is 2. The summed E-state index contributed by atoms with van der Waals surface area (Å²) in [5.74, 6) is -0.727. The fraction of sp³-hybridized carbons (Fsp3) is 0.394. The van der Waals surface area contributed by atoms with Gasteiger partial charge in [0, 0.05) is 43.0 Å². The maximum absolute atomic E-state index is 15.3. The molecule has 1 amide bonds. The Hall–Kier alpha value is -4.47. The molecule has 6 rings (SSSR count). The Balaban J connectivity index is 0.00000102. The average molecular weight is 590 g/mol. The number of anilines is 2. The van der Waals surface area contributed by atoms with Crippen molar-refractivity contribution < 1.29 is 9.18 Å². The van der Waals surface area contributed by atoms with Crippen molar-refractivity contribution in [3.8, 4) is 5.69 Å². The molecule has 2 fully saturated rings. The van der Waals surface area contributed by atoms with Crippen molar-refractivity contribution in [2.24, 2.45) is 7.05 Å². The van der Waals surface area contributed by atoms with Crippen molar-refractivity contribution in [3.63, 3.8) is 0 Å². The first kappa shape index (κ1) is 31.5. The van der Waals surface area contributed by atoms with Crippen molar-refractivity contribution in [2.45, 2.75) is 66.8 Å².